The van der Waals surface area contributed by atoms with Crippen molar-refractivity contribution in [3.8, 4) is 0 Å². The number of oxazole rings is 1. The van der Waals surface area contributed by atoms with Crippen molar-refractivity contribution in [2.24, 2.45) is 5.92 Å². The number of carbonyl (C=O) groups is 1. The molecule has 4 rings (SSSR count). The van der Waals surface area contributed by atoms with E-state index in [9.17, 15) is 14.9 Å². The molecule has 1 aliphatic heterocycles. The molecule has 0 bridgehead atoms. The number of nitrogens with one attached hydrogen (secondary N) is 1. The Hall–Kier alpha value is -3.42. The normalized spacial score (nSPS) is 15.0. The second-order valence-corrected chi connectivity index (χ2v) is 6.91. The lowest BCUT2D eigenvalue weighted by molar-refractivity contribution is -0.384. The Bertz CT molecular complexity index is 1040. The van der Waals surface area contributed by atoms with Crippen LogP contribution >= 0.6 is 0 Å². The zero-order valence-electron chi connectivity index (χ0n) is 15.4. The van der Waals surface area contributed by atoms with Crippen molar-refractivity contribution in [3.63, 3.8) is 0 Å². The van der Waals surface area contributed by atoms with Gasteiger partial charge in [-0.15, -0.1) is 0 Å². The summed E-state index contributed by atoms with van der Waals surface area (Å²) in [6.45, 7) is 2.98. The van der Waals surface area contributed by atoms with E-state index in [1.807, 2.05) is 4.90 Å². The van der Waals surface area contributed by atoms with Gasteiger partial charge in [-0.25, -0.2) is 4.98 Å². The smallest absolute Gasteiger partial charge is 0.292 e. The molecule has 1 saturated heterocycles. The highest BCUT2D eigenvalue weighted by atomic mass is 16.6. The topological polar surface area (TPSA) is 102 Å². The number of para-hydroxylation sites is 2. The van der Waals surface area contributed by atoms with E-state index >= 15 is 0 Å². The van der Waals surface area contributed by atoms with Crippen LogP contribution in [-0.2, 0) is 4.79 Å². The van der Waals surface area contributed by atoms with E-state index in [-0.39, 0.29) is 22.4 Å². The van der Waals surface area contributed by atoms with Crippen molar-refractivity contribution >= 4 is 34.1 Å². The molecule has 1 fully saturated rings. The fraction of sp³-hybridized carbons (Fsp3) is 0.300. The summed E-state index contributed by atoms with van der Waals surface area (Å²) >= 11 is 0. The first-order chi connectivity index (χ1) is 13.5. The van der Waals surface area contributed by atoms with Gasteiger partial charge >= 0.3 is 0 Å². The van der Waals surface area contributed by atoms with Gasteiger partial charge in [-0.1, -0.05) is 12.1 Å². The van der Waals surface area contributed by atoms with Gasteiger partial charge in [0.25, 0.3) is 5.69 Å². The molecular formula is C20H20N4O4. The molecule has 3 aromatic rings. The van der Waals surface area contributed by atoms with Crippen molar-refractivity contribution in [3.05, 3.63) is 58.5 Å². The molecule has 0 aliphatic carbocycles. The van der Waals surface area contributed by atoms with E-state index in [1.54, 1.807) is 43.3 Å². The molecule has 0 atom stereocenters. The van der Waals surface area contributed by atoms with Crippen molar-refractivity contribution < 1.29 is 14.1 Å². The number of amides is 1. The Morgan fingerprint density at radius 2 is 2.00 bits per heavy atom. The third-order valence-electron chi connectivity index (χ3n) is 5.05. The van der Waals surface area contributed by atoms with Gasteiger partial charge in [-0.05, 0) is 37.1 Å². The zero-order valence-corrected chi connectivity index (χ0v) is 15.4. The lowest BCUT2D eigenvalue weighted by atomic mass is 9.95. The maximum atomic E-state index is 12.6. The summed E-state index contributed by atoms with van der Waals surface area (Å²) < 4.78 is 5.45. The maximum Gasteiger partial charge on any atom is 0.292 e. The predicted molar refractivity (Wildman–Crippen MR) is 105 cm³/mol. The molecule has 28 heavy (non-hydrogen) atoms. The number of nitro benzene ring substituents is 1. The van der Waals surface area contributed by atoms with E-state index < -0.39 is 0 Å². The van der Waals surface area contributed by atoms with Crippen LogP contribution in [0.25, 0.3) is 11.1 Å². The first-order valence-corrected chi connectivity index (χ1v) is 9.17. The number of fused-ring (bicyclic) bond motifs is 1. The Morgan fingerprint density at radius 1 is 1.25 bits per heavy atom. The Morgan fingerprint density at radius 3 is 2.75 bits per heavy atom. The van der Waals surface area contributed by atoms with Crippen molar-refractivity contribution in [1.29, 1.82) is 0 Å². The molecule has 0 saturated carbocycles. The van der Waals surface area contributed by atoms with Crippen LogP contribution in [0.5, 0.6) is 0 Å². The minimum absolute atomic E-state index is 0.0400. The zero-order chi connectivity index (χ0) is 19.7. The average molecular weight is 380 g/mol. The van der Waals surface area contributed by atoms with Crippen LogP contribution in [0.1, 0.15) is 18.7 Å². The monoisotopic (exact) mass is 380 g/mol. The summed E-state index contributed by atoms with van der Waals surface area (Å²) in [5, 5.41) is 14.2. The summed E-state index contributed by atoms with van der Waals surface area (Å²) in [6, 6.07) is 12.1. The molecule has 144 valence electrons. The lowest BCUT2D eigenvalue weighted by Gasteiger charge is -2.32. The molecule has 8 heteroatoms. The van der Waals surface area contributed by atoms with Gasteiger partial charge in [-0.2, -0.15) is 0 Å². The van der Waals surface area contributed by atoms with Gasteiger partial charge in [0, 0.05) is 37.7 Å². The van der Waals surface area contributed by atoms with E-state index in [0.717, 1.165) is 0 Å². The SMILES string of the molecule is Cc1nc2cc(NC(=O)C3CCN(c4ccccc4[N+](=O)[O-])CC3)ccc2o1. The summed E-state index contributed by atoms with van der Waals surface area (Å²) in [4.78, 5) is 29.8. The quantitative estimate of drug-likeness (QED) is 0.544. The number of aromatic nitrogens is 1. The number of rotatable bonds is 4. The van der Waals surface area contributed by atoms with Crippen molar-refractivity contribution in [2.75, 3.05) is 23.3 Å². The fourth-order valence-corrected chi connectivity index (χ4v) is 3.63. The predicted octanol–water partition coefficient (Wildman–Crippen LogP) is 3.90. The Labute approximate surface area is 161 Å². The first kappa shape index (κ1) is 18.0. The van der Waals surface area contributed by atoms with E-state index in [1.165, 1.54) is 6.07 Å². The molecule has 2 aromatic carbocycles. The van der Waals surface area contributed by atoms with Gasteiger partial charge in [0.15, 0.2) is 11.5 Å². The summed E-state index contributed by atoms with van der Waals surface area (Å²) in [5.74, 6) is 0.413. The minimum atomic E-state index is -0.365. The average Bonchev–Trinajstić information content (AvgIpc) is 3.07. The number of benzene rings is 2. The highest BCUT2D eigenvalue weighted by Crippen LogP contribution is 2.31. The number of nitrogens with zero attached hydrogens (tertiary/aromatic N) is 3. The third kappa shape index (κ3) is 3.53. The molecule has 8 nitrogen and oxygen atoms in total. The molecule has 0 radical (unpaired) electrons. The second kappa shape index (κ2) is 7.30. The molecule has 1 amide bonds. The van der Waals surface area contributed by atoms with Crippen LogP contribution in [-0.4, -0.2) is 28.9 Å². The molecule has 0 unspecified atom stereocenters. The van der Waals surface area contributed by atoms with E-state index in [4.69, 9.17) is 4.42 Å². The minimum Gasteiger partial charge on any atom is -0.441 e. The van der Waals surface area contributed by atoms with Crippen LogP contribution < -0.4 is 10.2 Å². The van der Waals surface area contributed by atoms with Gasteiger partial charge in [0.05, 0.1) is 4.92 Å². The molecule has 1 aromatic heterocycles. The van der Waals surface area contributed by atoms with Crippen LogP contribution in [0.15, 0.2) is 46.9 Å². The Balaban J connectivity index is 1.40. The van der Waals surface area contributed by atoms with Crippen molar-refractivity contribution in [2.45, 2.75) is 19.8 Å². The number of anilines is 2. The number of hydrogen-bond donors (Lipinski definition) is 1. The standard InChI is InChI=1S/C20H20N4O4/c1-13-21-16-12-15(6-7-19(16)28-13)22-20(25)14-8-10-23(11-9-14)17-4-2-3-5-18(17)24(26)27/h2-7,12,14H,8-11H2,1H3,(H,22,25). The van der Waals surface area contributed by atoms with Gasteiger partial charge in [0.1, 0.15) is 11.2 Å². The first-order valence-electron chi connectivity index (χ1n) is 9.17. The summed E-state index contributed by atoms with van der Waals surface area (Å²) in [5.41, 5.74) is 2.79. The molecule has 2 heterocycles. The number of carbonyl (C=O) groups excluding carboxylic acids is 1. The molecule has 1 aliphatic rings. The summed E-state index contributed by atoms with van der Waals surface area (Å²) in [6.07, 6.45) is 1.28. The number of piperidine rings is 1. The number of nitro groups is 1. The molecule has 0 spiro atoms. The highest BCUT2D eigenvalue weighted by molar-refractivity contribution is 5.94. The van der Waals surface area contributed by atoms with Crippen LogP contribution in [0, 0.1) is 23.0 Å². The Kier molecular flexibility index (Phi) is 4.68. The second-order valence-electron chi connectivity index (χ2n) is 6.91. The maximum absolute atomic E-state index is 12.6. The van der Waals surface area contributed by atoms with E-state index in [2.05, 4.69) is 10.3 Å². The van der Waals surface area contributed by atoms with Crippen molar-refractivity contribution in [1.82, 2.24) is 4.98 Å². The summed E-state index contributed by atoms with van der Waals surface area (Å²) in [7, 11) is 0. The van der Waals surface area contributed by atoms with Crippen LogP contribution in [0.4, 0.5) is 17.1 Å². The van der Waals surface area contributed by atoms with Gasteiger partial charge < -0.3 is 14.6 Å². The van der Waals surface area contributed by atoms with Crippen LogP contribution in [0.3, 0.4) is 0 Å². The molecular weight excluding hydrogens is 360 g/mol. The van der Waals surface area contributed by atoms with Crippen LogP contribution in [0.2, 0.25) is 0 Å². The largest absolute Gasteiger partial charge is 0.441 e. The number of hydrogen-bond acceptors (Lipinski definition) is 6. The molecule has 1 N–H and O–H groups in total. The lowest BCUT2D eigenvalue weighted by Crippen LogP contribution is -2.38. The third-order valence-corrected chi connectivity index (χ3v) is 5.05. The van der Waals surface area contributed by atoms with Gasteiger partial charge in [-0.3, -0.25) is 14.9 Å². The van der Waals surface area contributed by atoms with E-state index in [0.29, 0.717) is 54.3 Å². The highest BCUT2D eigenvalue weighted by Gasteiger charge is 2.28. The van der Waals surface area contributed by atoms with Gasteiger partial charge in [0.2, 0.25) is 5.91 Å². The number of aryl methyl sites for hydroxylation is 1. The fourth-order valence-electron chi connectivity index (χ4n) is 3.63.